The monoisotopic (exact) mass is 305 g/mol. The first-order chi connectivity index (χ1) is 8.98. The van der Waals surface area contributed by atoms with Gasteiger partial charge in [-0.25, -0.2) is 18.4 Å². The van der Waals surface area contributed by atoms with Gasteiger partial charge >= 0.3 is 0 Å². The largest absolute Gasteiger partial charge is 0.377 e. The van der Waals surface area contributed by atoms with Crippen LogP contribution in [-0.2, 0) is 21.2 Å². The average molecular weight is 306 g/mol. The van der Waals surface area contributed by atoms with Gasteiger partial charge < -0.3 is 10.1 Å². The molecule has 0 radical (unpaired) electrons. The summed E-state index contributed by atoms with van der Waals surface area (Å²) in [4.78, 5) is 8.26. The van der Waals surface area contributed by atoms with E-state index < -0.39 is 9.84 Å². The van der Waals surface area contributed by atoms with Crippen molar-refractivity contribution in [1.82, 2.24) is 9.97 Å². The number of ether oxygens (including phenoxy) is 1. The van der Waals surface area contributed by atoms with Crippen LogP contribution in [0, 0.1) is 0 Å². The topological polar surface area (TPSA) is 81.2 Å². The Labute approximate surface area is 117 Å². The summed E-state index contributed by atoms with van der Waals surface area (Å²) in [6.07, 6.45) is 1.48. The van der Waals surface area contributed by atoms with Gasteiger partial charge in [0.05, 0.1) is 11.5 Å². The summed E-state index contributed by atoms with van der Waals surface area (Å²) >= 11 is 5.89. The van der Waals surface area contributed by atoms with E-state index in [1.165, 1.54) is 0 Å². The number of hydrogen-bond acceptors (Lipinski definition) is 6. The van der Waals surface area contributed by atoms with Gasteiger partial charge in [0, 0.05) is 19.2 Å². The van der Waals surface area contributed by atoms with E-state index in [0.717, 1.165) is 6.42 Å². The fraction of sp³-hybridized carbons (Fsp3) is 0.636. The molecule has 6 nitrogen and oxygen atoms in total. The molecule has 0 aliphatic carbocycles. The summed E-state index contributed by atoms with van der Waals surface area (Å²) in [5.74, 6) is 1.41. The molecule has 1 aliphatic heterocycles. The van der Waals surface area contributed by atoms with E-state index in [2.05, 4.69) is 15.3 Å². The highest BCUT2D eigenvalue weighted by molar-refractivity contribution is 7.91. The predicted octanol–water partition coefficient (Wildman–Crippen LogP) is 1.27. The van der Waals surface area contributed by atoms with Gasteiger partial charge in [0.15, 0.2) is 15.7 Å². The van der Waals surface area contributed by atoms with Gasteiger partial charge in [0.2, 0.25) is 0 Å². The minimum atomic E-state index is -2.95. The maximum atomic E-state index is 11.6. The van der Waals surface area contributed by atoms with Gasteiger partial charge in [-0.1, -0.05) is 11.6 Å². The lowest BCUT2D eigenvalue weighted by Crippen LogP contribution is -2.35. The summed E-state index contributed by atoms with van der Waals surface area (Å²) in [5.41, 5.74) is 0. The van der Waals surface area contributed by atoms with Crippen molar-refractivity contribution >= 4 is 27.3 Å². The van der Waals surface area contributed by atoms with Gasteiger partial charge in [0.25, 0.3) is 0 Å². The average Bonchev–Trinajstić information content (AvgIpc) is 2.26. The maximum absolute atomic E-state index is 11.6. The minimum absolute atomic E-state index is 0.125. The molecule has 1 unspecified atom stereocenters. The molecule has 0 amide bonds. The zero-order chi connectivity index (χ0) is 13.9. The third-order valence-corrected chi connectivity index (χ3v) is 4.84. The van der Waals surface area contributed by atoms with Crippen LogP contribution in [0.2, 0.25) is 5.15 Å². The Morgan fingerprint density at radius 1 is 1.53 bits per heavy atom. The Balaban J connectivity index is 2.10. The van der Waals surface area contributed by atoms with Gasteiger partial charge in [-0.05, 0) is 12.8 Å². The zero-order valence-electron chi connectivity index (χ0n) is 10.6. The van der Waals surface area contributed by atoms with E-state index in [4.69, 9.17) is 16.3 Å². The number of sulfone groups is 1. The van der Waals surface area contributed by atoms with Crippen LogP contribution in [0.4, 0.5) is 5.82 Å². The molecule has 1 aliphatic rings. The predicted molar refractivity (Wildman–Crippen MR) is 73.1 cm³/mol. The molecule has 2 rings (SSSR count). The van der Waals surface area contributed by atoms with Crippen LogP contribution in [0.25, 0.3) is 0 Å². The fourth-order valence-electron chi connectivity index (χ4n) is 2.08. The Morgan fingerprint density at radius 3 is 3.00 bits per heavy atom. The lowest BCUT2D eigenvalue weighted by atomic mass is 10.2. The van der Waals surface area contributed by atoms with Crippen molar-refractivity contribution in [3.63, 3.8) is 0 Å². The maximum Gasteiger partial charge on any atom is 0.158 e. The van der Waals surface area contributed by atoms with Crippen LogP contribution in [0.15, 0.2) is 6.07 Å². The lowest BCUT2D eigenvalue weighted by molar-refractivity contribution is 0.178. The molecular formula is C11H16ClN3O3S. The van der Waals surface area contributed by atoms with Crippen molar-refractivity contribution in [2.75, 3.05) is 23.9 Å². The summed E-state index contributed by atoms with van der Waals surface area (Å²) < 4.78 is 28.1. The van der Waals surface area contributed by atoms with E-state index in [9.17, 15) is 8.42 Å². The molecule has 1 aromatic rings. The zero-order valence-corrected chi connectivity index (χ0v) is 12.2. The van der Waals surface area contributed by atoms with Crippen LogP contribution in [0.5, 0.6) is 0 Å². The molecule has 1 aromatic heterocycles. The molecule has 2 heterocycles. The molecule has 1 atom stereocenters. The van der Waals surface area contributed by atoms with Crippen molar-refractivity contribution < 1.29 is 13.2 Å². The quantitative estimate of drug-likeness (QED) is 0.844. The van der Waals surface area contributed by atoms with E-state index in [1.54, 1.807) is 13.2 Å². The summed E-state index contributed by atoms with van der Waals surface area (Å²) in [6, 6.07) is 1.46. The molecule has 8 heteroatoms. The fourth-order valence-corrected chi connectivity index (χ4v) is 3.92. The summed E-state index contributed by atoms with van der Waals surface area (Å²) in [7, 11) is -1.40. The highest BCUT2D eigenvalue weighted by Gasteiger charge is 2.25. The number of hydrogen-bond donors (Lipinski definition) is 1. The first-order valence-corrected chi connectivity index (χ1v) is 8.18. The Bertz CT molecular complexity index is 550. The van der Waals surface area contributed by atoms with Crippen LogP contribution in [-0.4, -0.2) is 43.0 Å². The van der Waals surface area contributed by atoms with Gasteiger partial charge in [0.1, 0.15) is 17.6 Å². The number of nitrogens with one attached hydrogen (secondary N) is 1. The van der Waals surface area contributed by atoms with Crippen molar-refractivity contribution in [3.05, 3.63) is 17.0 Å². The Morgan fingerprint density at radius 2 is 2.32 bits per heavy atom. The minimum Gasteiger partial charge on any atom is -0.377 e. The molecule has 0 spiro atoms. The molecule has 106 valence electrons. The van der Waals surface area contributed by atoms with Crippen LogP contribution < -0.4 is 5.32 Å². The van der Waals surface area contributed by atoms with Crippen molar-refractivity contribution in [3.8, 4) is 0 Å². The van der Waals surface area contributed by atoms with Crippen LogP contribution in [0.1, 0.15) is 18.7 Å². The first-order valence-electron chi connectivity index (χ1n) is 5.98. The van der Waals surface area contributed by atoms with E-state index in [-0.39, 0.29) is 24.2 Å². The third kappa shape index (κ3) is 4.29. The molecular weight excluding hydrogens is 290 g/mol. The lowest BCUT2D eigenvalue weighted by Gasteiger charge is -2.23. The van der Waals surface area contributed by atoms with Crippen LogP contribution in [0.3, 0.4) is 0 Å². The first kappa shape index (κ1) is 14.5. The summed E-state index contributed by atoms with van der Waals surface area (Å²) in [6.45, 7) is 0.262. The molecule has 1 saturated heterocycles. The van der Waals surface area contributed by atoms with Gasteiger partial charge in [-0.2, -0.15) is 0 Å². The van der Waals surface area contributed by atoms with E-state index >= 15 is 0 Å². The molecule has 1 fully saturated rings. The highest BCUT2D eigenvalue weighted by atomic mass is 35.5. The van der Waals surface area contributed by atoms with Crippen molar-refractivity contribution in [2.24, 2.45) is 0 Å². The molecule has 0 aromatic carbocycles. The highest BCUT2D eigenvalue weighted by Crippen LogP contribution is 2.18. The number of halogens is 1. The second-order valence-corrected chi connectivity index (χ2v) is 7.14. The van der Waals surface area contributed by atoms with Crippen LogP contribution >= 0.6 is 11.6 Å². The second kappa shape index (κ2) is 6.02. The summed E-state index contributed by atoms with van der Waals surface area (Å²) in [5, 5.41) is 3.41. The Hall–Kier alpha value is -0.920. The third-order valence-electron chi connectivity index (χ3n) is 2.83. The van der Waals surface area contributed by atoms with E-state index in [0.29, 0.717) is 23.2 Å². The number of nitrogens with zero attached hydrogens (tertiary/aromatic N) is 2. The van der Waals surface area contributed by atoms with Gasteiger partial charge in [-0.3, -0.25) is 0 Å². The Kier molecular flexibility index (Phi) is 4.59. The molecule has 19 heavy (non-hydrogen) atoms. The van der Waals surface area contributed by atoms with E-state index in [1.807, 2.05) is 0 Å². The SMILES string of the molecule is COCc1nc(Cl)cc(NC2CCCS(=O)(=O)C2)n1. The number of methoxy groups -OCH3 is 1. The molecule has 0 saturated carbocycles. The van der Waals surface area contributed by atoms with Crippen molar-refractivity contribution in [2.45, 2.75) is 25.5 Å². The van der Waals surface area contributed by atoms with Gasteiger partial charge in [-0.15, -0.1) is 0 Å². The smallest absolute Gasteiger partial charge is 0.158 e. The number of rotatable bonds is 4. The van der Waals surface area contributed by atoms with Crippen molar-refractivity contribution in [1.29, 1.82) is 0 Å². The molecule has 0 bridgehead atoms. The normalized spacial score (nSPS) is 22.1. The second-order valence-electron chi connectivity index (χ2n) is 4.52. The number of aromatic nitrogens is 2. The number of anilines is 1. The molecule has 1 N–H and O–H groups in total. The standard InChI is InChI=1S/C11H16ClN3O3S/c1-18-6-11-14-9(12)5-10(15-11)13-8-3-2-4-19(16,17)7-8/h5,8H,2-4,6-7H2,1H3,(H,13,14,15).